The Bertz CT molecular complexity index is 304. The van der Waals surface area contributed by atoms with Crippen molar-refractivity contribution in [3.63, 3.8) is 0 Å². The third-order valence-corrected chi connectivity index (χ3v) is 2.40. The van der Waals surface area contributed by atoms with Gasteiger partial charge in [0.05, 0.1) is 0 Å². The summed E-state index contributed by atoms with van der Waals surface area (Å²) >= 11 is 3.30. The highest BCUT2D eigenvalue weighted by Crippen LogP contribution is 2.21. The molecule has 0 saturated carbocycles. The van der Waals surface area contributed by atoms with Crippen molar-refractivity contribution in [2.75, 3.05) is 0 Å². The monoisotopic (exact) mass is 245 g/mol. The van der Waals surface area contributed by atoms with Crippen LogP contribution in [0.4, 0.5) is 4.39 Å². The summed E-state index contributed by atoms with van der Waals surface area (Å²) in [5.74, 6) is -0.231. The van der Waals surface area contributed by atoms with Gasteiger partial charge in [0.15, 0.2) is 0 Å². The lowest BCUT2D eigenvalue weighted by Crippen LogP contribution is -2.34. The Labute approximate surface area is 86.3 Å². The van der Waals surface area contributed by atoms with Gasteiger partial charge < -0.3 is 5.73 Å². The fraction of sp³-hybridized carbons (Fsp3) is 0.400. The Kier molecular flexibility index (Phi) is 3.09. The average molecular weight is 246 g/mol. The van der Waals surface area contributed by atoms with Crippen LogP contribution in [0.2, 0.25) is 0 Å². The van der Waals surface area contributed by atoms with Crippen LogP contribution >= 0.6 is 15.9 Å². The van der Waals surface area contributed by atoms with E-state index < -0.39 is 0 Å². The smallest absolute Gasteiger partial charge is 0.124 e. The highest BCUT2D eigenvalue weighted by atomic mass is 79.9. The van der Waals surface area contributed by atoms with E-state index in [1.807, 2.05) is 13.8 Å². The van der Waals surface area contributed by atoms with E-state index in [4.69, 9.17) is 5.73 Å². The van der Waals surface area contributed by atoms with E-state index in [-0.39, 0.29) is 11.4 Å². The molecule has 0 bridgehead atoms. The molecule has 0 heterocycles. The lowest BCUT2D eigenvalue weighted by Gasteiger charge is -2.19. The molecule has 0 fully saturated rings. The van der Waals surface area contributed by atoms with Crippen molar-refractivity contribution in [2.24, 2.45) is 5.73 Å². The molecule has 13 heavy (non-hydrogen) atoms. The molecule has 1 aromatic rings. The quantitative estimate of drug-likeness (QED) is 0.853. The number of rotatable bonds is 2. The maximum absolute atomic E-state index is 12.7. The number of hydrogen-bond donors (Lipinski definition) is 1. The van der Waals surface area contributed by atoms with Gasteiger partial charge in [0.1, 0.15) is 5.82 Å². The summed E-state index contributed by atoms with van der Waals surface area (Å²) in [6, 6.07) is 4.67. The van der Waals surface area contributed by atoms with E-state index in [0.717, 1.165) is 16.5 Å². The van der Waals surface area contributed by atoms with Crippen LogP contribution in [-0.2, 0) is 6.42 Å². The molecule has 0 aromatic heterocycles. The van der Waals surface area contributed by atoms with Gasteiger partial charge in [-0.1, -0.05) is 22.0 Å². The summed E-state index contributed by atoms with van der Waals surface area (Å²) in [6.07, 6.45) is 0.730. The van der Waals surface area contributed by atoms with E-state index in [0.29, 0.717) is 0 Å². The molecular weight excluding hydrogens is 233 g/mol. The summed E-state index contributed by atoms with van der Waals surface area (Å²) in [5.41, 5.74) is 6.63. The first kappa shape index (κ1) is 10.7. The van der Waals surface area contributed by atoms with Crippen LogP contribution in [0.1, 0.15) is 19.4 Å². The largest absolute Gasteiger partial charge is 0.325 e. The molecule has 0 unspecified atom stereocenters. The van der Waals surface area contributed by atoms with Gasteiger partial charge in [-0.25, -0.2) is 4.39 Å². The van der Waals surface area contributed by atoms with Crippen LogP contribution in [0.3, 0.4) is 0 Å². The van der Waals surface area contributed by atoms with Crippen LogP contribution < -0.4 is 5.73 Å². The van der Waals surface area contributed by atoms with Gasteiger partial charge in [-0.15, -0.1) is 0 Å². The van der Waals surface area contributed by atoms with Crippen molar-refractivity contribution >= 4 is 15.9 Å². The highest BCUT2D eigenvalue weighted by Gasteiger charge is 2.13. The predicted octanol–water partition coefficient (Wildman–Crippen LogP) is 2.87. The SMILES string of the molecule is CC(C)(N)Cc1ccc(F)cc1Br. The predicted molar refractivity (Wildman–Crippen MR) is 56.1 cm³/mol. The molecule has 0 saturated heterocycles. The maximum Gasteiger partial charge on any atom is 0.124 e. The third kappa shape index (κ3) is 3.44. The minimum absolute atomic E-state index is 0.231. The molecule has 0 atom stereocenters. The molecule has 0 aliphatic rings. The standard InChI is InChI=1S/C10H13BrFN/c1-10(2,13)6-7-3-4-8(12)5-9(7)11/h3-5H,6,13H2,1-2H3. The number of halogens is 2. The van der Waals surface area contributed by atoms with Crippen molar-refractivity contribution in [2.45, 2.75) is 25.8 Å². The minimum atomic E-state index is -0.264. The lowest BCUT2D eigenvalue weighted by molar-refractivity contribution is 0.514. The Hall–Kier alpha value is -0.410. The van der Waals surface area contributed by atoms with Gasteiger partial charge in [-0.2, -0.15) is 0 Å². The molecule has 0 aliphatic heterocycles. The summed E-state index contributed by atoms with van der Waals surface area (Å²) in [7, 11) is 0. The number of hydrogen-bond acceptors (Lipinski definition) is 1. The van der Waals surface area contributed by atoms with Gasteiger partial charge in [-0.05, 0) is 38.0 Å². The van der Waals surface area contributed by atoms with E-state index >= 15 is 0 Å². The fourth-order valence-electron chi connectivity index (χ4n) is 1.16. The van der Waals surface area contributed by atoms with Gasteiger partial charge in [0.2, 0.25) is 0 Å². The van der Waals surface area contributed by atoms with Gasteiger partial charge in [0, 0.05) is 10.0 Å². The van der Waals surface area contributed by atoms with E-state index in [9.17, 15) is 4.39 Å². The molecule has 2 N–H and O–H groups in total. The molecule has 0 spiro atoms. The minimum Gasteiger partial charge on any atom is -0.325 e. The molecule has 0 amide bonds. The van der Waals surface area contributed by atoms with Crippen molar-refractivity contribution in [3.8, 4) is 0 Å². The van der Waals surface area contributed by atoms with Gasteiger partial charge >= 0.3 is 0 Å². The second-order valence-corrected chi connectivity index (χ2v) is 4.76. The molecule has 0 radical (unpaired) electrons. The summed E-state index contributed by atoms with van der Waals surface area (Å²) in [4.78, 5) is 0. The summed E-state index contributed by atoms with van der Waals surface area (Å²) in [5, 5.41) is 0. The molecule has 1 rings (SSSR count). The van der Waals surface area contributed by atoms with Crippen LogP contribution in [0.15, 0.2) is 22.7 Å². The van der Waals surface area contributed by atoms with E-state index in [1.165, 1.54) is 12.1 Å². The van der Waals surface area contributed by atoms with Crippen LogP contribution in [0.5, 0.6) is 0 Å². The number of benzene rings is 1. The Balaban J connectivity index is 2.90. The second kappa shape index (κ2) is 3.76. The molecule has 0 aliphatic carbocycles. The van der Waals surface area contributed by atoms with Crippen LogP contribution in [0.25, 0.3) is 0 Å². The van der Waals surface area contributed by atoms with E-state index in [2.05, 4.69) is 15.9 Å². The van der Waals surface area contributed by atoms with Crippen molar-refractivity contribution in [3.05, 3.63) is 34.1 Å². The maximum atomic E-state index is 12.7. The zero-order valence-corrected chi connectivity index (χ0v) is 9.36. The van der Waals surface area contributed by atoms with Gasteiger partial charge in [0.25, 0.3) is 0 Å². The fourth-order valence-corrected chi connectivity index (χ4v) is 1.65. The third-order valence-electron chi connectivity index (χ3n) is 1.66. The Morgan fingerprint density at radius 2 is 2.08 bits per heavy atom. The van der Waals surface area contributed by atoms with Crippen LogP contribution in [0, 0.1) is 5.82 Å². The van der Waals surface area contributed by atoms with E-state index in [1.54, 1.807) is 6.07 Å². The molecule has 1 aromatic carbocycles. The molecule has 3 heteroatoms. The zero-order valence-electron chi connectivity index (χ0n) is 7.77. The summed E-state index contributed by atoms with van der Waals surface area (Å²) < 4.78 is 13.5. The molecular formula is C10H13BrFN. The van der Waals surface area contributed by atoms with Crippen molar-refractivity contribution in [1.29, 1.82) is 0 Å². The Morgan fingerprint density at radius 3 is 2.54 bits per heavy atom. The van der Waals surface area contributed by atoms with Gasteiger partial charge in [-0.3, -0.25) is 0 Å². The average Bonchev–Trinajstić information content (AvgIpc) is 1.93. The second-order valence-electron chi connectivity index (χ2n) is 3.90. The normalized spacial score (nSPS) is 11.8. The number of nitrogens with two attached hydrogens (primary N) is 1. The zero-order chi connectivity index (χ0) is 10.1. The molecule has 72 valence electrons. The molecule has 1 nitrogen and oxygen atoms in total. The topological polar surface area (TPSA) is 26.0 Å². The van der Waals surface area contributed by atoms with Crippen molar-refractivity contribution < 1.29 is 4.39 Å². The first-order valence-corrected chi connectivity index (χ1v) is 4.90. The first-order chi connectivity index (χ1) is 5.88. The highest BCUT2D eigenvalue weighted by molar-refractivity contribution is 9.10. The van der Waals surface area contributed by atoms with Crippen molar-refractivity contribution in [1.82, 2.24) is 0 Å². The first-order valence-electron chi connectivity index (χ1n) is 4.11. The Morgan fingerprint density at radius 1 is 1.46 bits per heavy atom. The lowest BCUT2D eigenvalue weighted by atomic mass is 9.96. The summed E-state index contributed by atoms with van der Waals surface area (Å²) in [6.45, 7) is 3.89. The van der Waals surface area contributed by atoms with Crippen LogP contribution in [-0.4, -0.2) is 5.54 Å².